The first kappa shape index (κ1) is 26.2. The zero-order chi connectivity index (χ0) is 26.7. The summed E-state index contributed by atoms with van der Waals surface area (Å²) in [7, 11) is 0. The summed E-state index contributed by atoms with van der Waals surface area (Å²) in [5.74, 6) is -2.06. The third-order valence-electron chi connectivity index (χ3n) is 5.48. The molecule has 0 bridgehead atoms. The maximum absolute atomic E-state index is 13.1. The van der Waals surface area contributed by atoms with Gasteiger partial charge in [0.25, 0.3) is 11.8 Å². The van der Waals surface area contributed by atoms with Crippen molar-refractivity contribution in [3.05, 3.63) is 105 Å². The second kappa shape index (κ2) is 10.7. The molecule has 0 fully saturated rings. The molecule has 0 aliphatic carbocycles. The van der Waals surface area contributed by atoms with Crippen LogP contribution in [0.5, 0.6) is 0 Å². The lowest BCUT2D eigenvalue weighted by atomic mass is 10.1. The van der Waals surface area contributed by atoms with E-state index in [1.54, 1.807) is 36.4 Å². The maximum Gasteiger partial charge on any atom is 0.416 e. The van der Waals surface area contributed by atoms with Crippen LogP contribution in [0.25, 0.3) is 0 Å². The van der Waals surface area contributed by atoms with E-state index in [1.165, 1.54) is 6.07 Å². The van der Waals surface area contributed by atoms with Crippen LogP contribution in [0, 0.1) is 0 Å². The number of benzene rings is 3. The average molecular weight is 548 g/mol. The molecule has 2 N–H and O–H groups in total. The Bertz CT molecular complexity index is 1410. The largest absolute Gasteiger partial charge is 0.416 e. The molecule has 3 aromatic carbocycles. The second-order valence-corrected chi connectivity index (χ2v) is 8.83. The number of nitrogens with one attached hydrogen (secondary N) is 2. The van der Waals surface area contributed by atoms with Gasteiger partial charge in [-0.25, -0.2) is 4.90 Å². The fourth-order valence-electron chi connectivity index (χ4n) is 3.60. The number of alkyl halides is 3. The summed E-state index contributed by atoms with van der Waals surface area (Å²) in [6.07, 6.45) is -4.55. The molecule has 4 rings (SSSR count). The van der Waals surface area contributed by atoms with Gasteiger partial charge in [0.1, 0.15) is 10.7 Å². The molecule has 0 saturated carbocycles. The Hall–Kier alpha value is -3.82. The standard InChI is InChI=1S/C26H18Cl2F3N3O3/c27-20-7-2-1-4-16(20)14-32-21(35)12-15-8-10-18(11-9-15)33-23-22(28)24(36)34(25(23)37)19-6-3-5-17(13-19)26(29,30)31/h1-11,13,33H,12,14H2,(H,32,35). The molecule has 0 spiro atoms. The summed E-state index contributed by atoms with van der Waals surface area (Å²) in [5, 5.41) is 5.64. The molecule has 0 saturated heterocycles. The number of carbonyl (C=O) groups excluding carboxylic acids is 3. The Morgan fingerprint density at radius 1 is 0.892 bits per heavy atom. The van der Waals surface area contributed by atoms with E-state index in [-0.39, 0.29) is 30.3 Å². The van der Waals surface area contributed by atoms with Crippen molar-refractivity contribution in [3.8, 4) is 0 Å². The molecular formula is C26H18Cl2F3N3O3. The van der Waals surface area contributed by atoms with Crippen LogP contribution in [0.1, 0.15) is 16.7 Å². The summed E-state index contributed by atoms with van der Waals surface area (Å²) >= 11 is 12.2. The molecule has 3 aromatic rings. The van der Waals surface area contributed by atoms with E-state index < -0.39 is 28.6 Å². The van der Waals surface area contributed by atoms with Gasteiger partial charge in [0.15, 0.2) is 0 Å². The number of hydrogen-bond acceptors (Lipinski definition) is 4. The van der Waals surface area contributed by atoms with Crippen LogP contribution >= 0.6 is 23.2 Å². The summed E-state index contributed by atoms with van der Waals surface area (Å²) in [4.78, 5) is 38.3. The van der Waals surface area contributed by atoms with Crippen molar-refractivity contribution < 1.29 is 27.6 Å². The lowest BCUT2D eigenvalue weighted by Crippen LogP contribution is -2.32. The van der Waals surface area contributed by atoms with E-state index in [2.05, 4.69) is 10.6 Å². The summed E-state index contributed by atoms with van der Waals surface area (Å²) in [6.45, 7) is 0.281. The predicted octanol–water partition coefficient (Wildman–Crippen LogP) is 5.65. The highest BCUT2D eigenvalue weighted by Gasteiger charge is 2.40. The van der Waals surface area contributed by atoms with Crippen molar-refractivity contribution in [3.63, 3.8) is 0 Å². The molecule has 190 valence electrons. The highest BCUT2D eigenvalue weighted by Crippen LogP contribution is 2.35. The van der Waals surface area contributed by atoms with Gasteiger partial charge >= 0.3 is 6.18 Å². The molecule has 37 heavy (non-hydrogen) atoms. The number of hydrogen-bond donors (Lipinski definition) is 2. The lowest BCUT2D eigenvalue weighted by Gasteiger charge is -2.17. The lowest BCUT2D eigenvalue weighted by molar-refractivity contribution is -0.137. The van der Waals surface area contributed by atoms with Crippen molar-refractivity contribution in [2.75, 3.05) is 10.2 Å². The van der Waals surface area contributed by atoms with Crippen LogP contribution in [0.3, 0.4) is 0 Å². The topological polar surface area (TPSA) is 78.5 Å². The van der Waals surface area contributed by atoms with Crippen LogP contribution in [-0.4, -0.2) is 17.7 Å². The van der Waals surface area contributed by atoms with Gasteiger partial charge in [0.2, 0.25) is 5.91 Å². The first-order chi connectivity index (χ1) is 17.5. The molecule has 3 amide bonds. The minimum Gasteiger partial charge on any atom is -0.352 e. The molecule has 0 aromatic heterocycles. The summed E-state index contributed by atoms with van der Waals surface area (Å²) in [6, 6.07) is 17.5. The quantitative estimate of drug-likeness (QED) is 0.374. The number of rotatable bonds is 7. The molecule has 6 nitrogen and oxygen atoms in total. The maximum atomic E-state index is 13.1. The van der Waals surface area contributed by atoms with E-state index in [0.717, 1.165) is 17.7 Å². The Kier molecular flexibility index (Phi) is 7.56. The highest BCUT2D eigenvalue weighted by atomic mass is 35.5. The molecule has 0 unspecified atom stereocenters. The van der Waals surface area contributed by atoms with Gasteiger partial charge < -0.3 is 10.6 Å². The number of carbonyl (C=O) groups is 3. The van der Waals surface area contributed by atoms with Crippen LogP contribution in [0.4, 0.5) is 24.5 Å². The van der Waals surface area contributed by atoms with Crippen molar-refractivity contribution in [1.82, 2.24) is 5.32 Å². The molecule has 0 radical (unpaired) electrons. The summed E-state index contributed by atoms with van der Waals surface area (Å²) in [5.41, 5.74) is 0.334. The molecular weight excluding hydrogens is 530 g/mol. The number of amides is 3. The SMILES string of the molecule is O=C(Cc1ccc(NC2=C(Cl)C(=O)N(c3cccc(C(F)(F)F)c3)C2=O)cc1)NCc1ccccc1Cl. The zero-order valence-corrected chi connectivity index (χ0v) is 20.4. The van der Waals surface area contributed by atoms with Gasteiger partial charge in [0.05, 0.1) is 17.7 Å². The third-order valence-corrected chi connectivity index (χ3v) is 6.20. The molecule has 11 heteroatoms. The van der Waals surface area contributed by atoms with Crippen molar-refractivity contribution >= 4 is 52.3 Å². The summed E-state index contributed by atoms with van der Waals surface area (Å²) < 4.78 is 39.2. The van der Waals surface area contributed by atoms with Gasteiger partial charge in [-0.15, -0.1) is 0 Å². The number of imide groups is 1. The van der Waals surface area contributed by atoms with Gasteiger partial charge in [-0.1, -0.05) is 59.6 Å². The second-order valence-electron chi connectivity index (χ2n) is 8.05. The predicted molar refractivity (Wildman–Crippen MR) is 134 cm³/mol. The van der Waals surface area contributed by atoms with Crippen LogP contribution in [-0.2, 0) is 33.5 Å². The molecule has 1 aliphatic heterocycles. The monoisotopic (exact) mass is 547 g/mol. The minimum atomic E-state index is -4.65. The Morgan fingerprint density at radius 2 is 1.59 bits per heavy atom. The number of halogens is 5. The first-order valence-electron chi connectivity index (χ1n) is 10.9. The molecule has 0 atom stereocenters. The normalized spacial score (nSPS) is 13.8. The molecule has 1 aliphatic rings. The van der Waals surface area contributed by atoms with E-state index in [1.807, 2.05) is 12.1 Å². The Labute approximate surface area is 219 Å². The third kappa shape index (κ3) is 5.95. The number of anilines is 2. The van der Waals surface area contributed by atoms with Gasteiger partial charge in [0, 0.05) is 17.3 Å². The van der Waals surface area contributed by atoms with Gasteiger partial charge in [-0.2, -0.15) is 13.2 Å². The van der Waals surface area contributed by atoms with E-state index in [4.69, 9.17) is 23.2 Å². The van der Waals surface area contributed by atoms with Crippen LogP contribution in [0.15, 0.2) is 83.5 Å². The minimum absolute atomic E-state index is 0.0922. The Morgan fingerprint density at radius 3 is 2.27 bits per heavy atom. The smallest absolute Gasteiger partial charge is 0.352 e. The fraction of sp³-hybridized carbons (Fsp3) is 0.115. The first-order valence-corrected chi connectivity index (χ1v) is 11.6. The zero-order valence-electron chi connectivity index (χ0n) is 18.9. The number of nitrogens with zero attached hydrogens (tertiary/aromatic N) is 1. The van der Waals surface area contributed by atoms with Gasteiger partial charge in [-0.05, 0) is 47.5 Å². The molecule has 1 heterocycles. The van der Waals surface area contributed by atoms with E-state index in [9.17, 15) is 27.6 Å². The van der Waals surface area contributed by atoms with Crippen molar-refractivity contribution in [2.45, 2.75) is 19.1 Å². The fourth-order valence-corrected chi connectivity index (χ4v) is 4.02. The van der Waals surface area contributed by atoms with Crippen molar-refractivity contribution in [1.29, 1.82) is 0 Å². The highest BCUT2D eigenvalue weighted by molar-refractivity contribution is 6.53. The van der Waals surface area contributed by atoms with Crippen LogP contribution < -0.4 is 15.5 Å². The van der Waals surface area contributed by atoms with E-state index >= 15 is 0 Å². The average Bonchev–Trinajstić information content (AvgIpc) is 3.07. The van der Waals surface area contributed by atoms with E-state index in [0.29, 0.717) is 27.2 Å². The van der Waals surface area contributed by atoms with Crippen molar-refractivity contribution in [2.24, 2.45) is 0 Å². The van der Waals surface area contributed by atoms with Crippen LogP contribution in [0.2, 0.25) is 5.02 Å². The Balaban J connectivity index is 1.40. The van der Waals surface area contributed by atoms with Gasteiger partial charge in [-0.3, -0.25) is 14.4 Å².